The lowest BCUT2D eigenvalue weighted by atomic mass is 9.52. The normalized spacial score (nSPS) is 29.5. The third-order valence-electron chi connectivity index (χ3n) is 9.99. The van der Waals surface area contributed by atoms with Gasteiger partial charge in [0.15, 0.2) is 6.79 Å². The first-order chi connectivity index (χ1) is 19.1. The number of rotatable bonds is 14. The van der Waals surface area contributed by atoms with Crippen LogP contribution in [0.4, 0.5) is 0 Å². The molecule has 2 aromatic rings. The molecule has 6 atom stereocenters. The van der Waals surface area contributed by atoms with Crippen molar-refractivity contribution in [1.29, 1.82) is 0 Å². The van der Waals surface area contributed by atoms with Crippen molar-refractivity contribution < 1.29 is 23.7 Å². The number of fused-ring (bicyclic) bond motifs is 5. The van der Waals surface area contributed by atoms with E-state index >= 15 is 0 Å². The molecule has 2 unspecified atom stereocenters. The van der Waals surface area contributed by atoms with Crippen molar-refractivity contribution in [3.63, 3.8) is 0 Å². The average Bonchev–Trinajstić information content (AvgIpc) is 3.30. The van der Waals surface area contributed by atoms with Gasteiger partial charge in [-0.2, -0.15) is 0 Å². The highest BCUT2D eigenvalue weighted by Gasteiger charge is 2.57. The largest absolute Gasteiger partial charge is 0.468 e. The summed E-state index contributed by atoms with van der Waals surface area (Å²) in [5.74, 6) is 3.72. The molecule has 0 amide bonds. The molecule has 5 rings (SSSR count). The van der Waals surface area contributed by atoms with Gasteiger partial charge in [-0.05, 0) is 103 Å². The predicted molar refractivity (Wildman–Crippen MR) is 154 cm³/mol. The van der Waals surface area contributed by atoms with Crippen LogP contribution in [-0.4, -0.2) is 40.5 Å². The molecule has 39 heavy (non-hydrogen) atoms. The average molecular weight is 537 g/mol. The summed E-state index contributed by atoms with van der Waals surface area (Å²) in [5.41, 5.74) is 4.57. The fraction of sp³-hybridized carbons (Fsp3) is 0.647. The van der Waals surface area contributed by atoms with Crippen molar-refractivity contribution in [2.45, 2.75) is 83.3 Å². The molecule has 2 aromatic carbocycles. The van der Waals surface area contributed by atoms with E-state index in [2.05, 4.69) is 55.5 Å². The third-order valence-corrected chi connectivity index (χ3v) is 9.99. The van der Waals surface area contributed by atoms with Gasteiger partial charge in [-0.3, -0.25) is 0 Å². The molecular weight excluding hydrogens is 488 g/mol. The Bertz CT molecular complexity index is 1030. The number of ether oxygens (including phenoxy) is 5. The summed E-state index contributed by atoms with van der Waals surface area (Å²) in [7, 11) is 3.41. The summed E-state index contributed by atoms with van der Waals surface area (Å²) in [6, 6.07) is 17.3. The molecule has 0 aliphatic heterocycles. The van der Waals surface area contributed by atoms with Crippen molar-refractivity contribution in [3.05, 3.63) is 65.2 Å². The van der Waals surface area contributed by atoms with E-state index in [1.54, 1.807) is 19.8 Å². The van der Waals surface area contributed by atoms with E-state index in [4.69, 9.17) is 23.7 Å². The van der Waals surface area contributed by atoms with Gasteiger partial charge in [0.05, 0.1) is 12.7 Å². The van der Waals surface area contributed by atoms with Crippen molar-refractivity contribution >= 4 is 0 Å². The van der Waals surface area contributed by atoms with E-state index in [0.717, 1.165) is 43.5 Å². The Morgan fingerprint density at radius 3 is 2.56 bits per heavy atom. The number of hydrogen-bond acceptors (Lipinski definition) is 5. The van der Waals surface area contributed by atoms with E-state index in [-0.39, 0.29) is 5.41 Å². The molecule has 0 bridgehead atoms. The van der Waals surface area contributed by atoms with Crippen LogP contribution in [-0.2, 0) is 32.0 Å². The van der Waals surface area contributed by atoms with Gasteiger partial charge in [-0.25, -0.2) is 0 Å². The lowest BCUT2D eigenvalue weighted by Gasteiger charge is -2.53. The summed E-state index contributed by atoms with van der Waals surface area (Å²) >= 11 is 0. The Balaban J connectivity index is 1.24. The van der Waals surface area contributed by atoms with Crippen LogP contribution in [0.2, 0.25) is 0 Å². The van der Waals surface area contributed by atoms with Crippen LogP contribution < -0.4 is 4.74 Å². The highest BCUT2D eigenvalue weighted by molar-refractivity contribution is 5.41. The maximum atomic E-state index is 6.27. The first-order valence-corrected chi connectivity index (χ1v) is 15.1. The number of benzene rings is 2. The van der Waals surface area contributed by atoms with Crippen LogP contribution in [0.3, 0.4) is 0 Å². The van der Waals surface area contributed by atoms with Crippen LogP contribution in [0.15, 0.2) is 48.5 Å². The topological polar surface area (TPSA) is 46.2 Å². The van der Waals surface area contributed by atoms with Crippen molar-refractivity contribution in [3.8, 4) is 5.75 Å². The Morgan fingerprint density at radius 2 is 1.74 bits per heavy atom. The molecule has 5 heteroatoms. The number of hydrogen-bond donors (Lipinski definition) is 0. The second-order valence-corrected chi connectivity index (χ2v) is 12.2. The van der Waals surface area contributed by atoms with Gasteiger partial charge >= 0.3 is 0 Å². The first kappa shape index (κ1) is 28.6. The molecule has 0 aromatic heterocycles. The van der Waals surface area contributed by atoms with Gasteiger partial charge in [0.25, 0.3) is 0 Å². The molecule has 0 heterocycles. The molecule has 0 spiro atoms. The van der Waals surface area contributed by atoms with Crippen LogP contribution in [0.25, 0.3) is 0 Å². The molecule has 2 saturated carbocycles. The SMILES string of the molecule is COCOc1ccc2c(c1)C[C@@H](CCCCCOCc1ccccc1)[C@@H]1C2CC[C@@]2(C)C1CC[C@@H]2OCOC. The maximum Gasteiger partial charge on any atom is 0.188 e. The molecular formula is C34H48O5. The Labute approximate surface area is 235 Å². The van der Waals surface area contributed by atoms with E-state index in [1.165, 1.54) is 49.7 Å². The van der Waals surface area contributed by atoms with Gasteiger partial charge in [0.1, 0.15) is 12.5 Å². The zero-order valence-corrected chi connectivity index (χ0v) is 24.2. The first-order valence-electron chi connectivity index (χ1n) is 15.1. The van der Waals surface area contributed by atoms with Gasteiger partial charge in [0, 0.05) is 20.8 Å². The molecule has 3 aliphatic rings. The second kappa shape index (κ2) is 13.6. The quantitative estimate of drug-likeness (QED) is 0.185. The fourth-order valence-corrected chi connectivity index (χ4v) is 8.19. The molecule has 2 fully saturated rings. The smallest absolute Gasteiger partial charge is 0.188 e. The molecule has 5 nitrogen and oxygen atoms in total. The van der Waals surface area contributed by atoms with Crippen LogP contribution in [0, 0.1) is 23.2 Å². The van der Waals surface area contributed by atoms with Crippen molar-refractivity contribution in [1.82, 2.24) is 0 Å². The zero-order chi connectivity index (χ0) is 27.1. The standard InChI is InChI=1S/C34H48O5/c1-34-18-17-30-29-14-13-28(38-23-35-2)21-27(29)20-26(33(30)31(34)15-16-32(34)39-24-36-3)12-8-5-9-19-37-22-25-10-6-4-7-11-25/h4,6-7,10-11,13-14,21,26,30-33H,5,8-9,12,15-20,22-24H2,1-3H3/t26-,30?,31?,32+,33-,34+/m1/s1. The Morgan fingerprint density at radius 1 is 0.897 bits per heavy atom. The molecule has 3 aliphatic carbocycles. The molecule has 0 N–H and O–H groups in total. The minimum Gasteiger partial charge on any atom is -0.468 e. The van der Waals surface area contributed by atoms with Gasteiger partial charge in [0.2, 0.25) is 0 Å². The molecule has 214 valence electrons. The zero-order valence-electron chi connectivity index (χ0n) is 24.2. The Kier molecular flexibility index (Phi) is 9.99. The van der Waals surface area contributed by atoms with Gasteiger partial charge in [-0.1, -0.05) is 56.2 Å². The van der Waals surface area contributed by atoms with E-state index in [0.29, 0.717) is 38.1 Å². The summed E-state index contributed by atoms with van der Waals surface area (Å²) in [6.45, 7) is 4.77. The Hall–Kier alpha value is -1.92. The molecule has 0 radical (unpaired) electrons. The van der Waals surface area contributed by atoms with Gasteiger partial charge in [-0.15, -0.1) is 0 Å². The summed E-state index contributed by atoms with van der Waals surface area (Å²) in [4.78, 5) is 0. The summed E-state index contributed by atoms with van der Waals surface area (Å²) in [5, 5.41) is 0. The minimum atomic E-state index is 0.252. The minimum absolute atomic E-state index is 0.252. The molecule has 0 saturated heterocycles. The highest BCUT2D eigenvalue weighted by Crippen LogP contribution is 2.63. The second-order valence-electron chi connectivity index (χ2n) is 12.2. The van der Waals surface area contributed by atoms with Crippen LogP contribution >= 0.6 is 0 Å². The maximum absolute atomic E-state index is 6.27. The lowest BCUT2D eigenvalue weighted by Crippen LogP contribution is -2.47. The van der Waals surface area contributed by atoms with Crippen LogP contribution in [0.1, 0.15) is 80.9 Å². The van der Waals surface area contributed by atoms with E-state index in [9.17, 15) is 0 Å². The summed E-state index contributed by atoms with van der Waals surface area (Å²) < 4.78 is 28.5. The van der Waals surface area contributed by atoms with Crippen LogP contribution in [0.5, 0.6) is 5.75 Å². The summed E-state index contributed by atoms with van der Waals surface area (Å²) in [6.07, 6.45) is 11.3. The van der Waals surface area contributed by atoms with E-state index in [1.807, 2.05) is 0 Å². The van der Waals surface area contributed by atoms with E-state index < -0.39 is 0 Å². The van der Waals surface area contributed by atoms with Crippen molar-refractivity contribution in [2.24, 2.45) is 23.2 Å². The predicted octanol–water partition coefficient (Wildman–Crippen LogP) is 7.52. The lowest BCUT2D eigenvalue weighted by molar-refractivity contribution is -0.128. The fourth-order valence-electron chi connectivity index (χ4n) is 8.19. The highest BCUT2D eigenvalue weighted by atomic mass is 16.7. The monoisotopic (exact) mass is 536 g/mol. The number of unbranched alkanes of at least 4 members (excludes halogenated alkanes) is 2. The third kappa shape index (κ3) is 6.53. The number of methoxy groups -OCH3 is 2. The van der Waals surface area contributed by atoms with Crippen molar-refractivity contribution in [2.75, 3.05) is 34.4 Å². The van der Waals surface area contributed by atoms with Gasteiger partial charge < -0.3 is 23.7 Å².